The van der Waals surface area contributed by atoms with Gasteiger partial charge in [-0.15, -0.1) is 0 Å². The lowest BCUT2D eigenvalue weighted by Gasteiger charge is -2.24. The minimum atomic E-state index is 0.268. The number of likely N-dealkylation sites (tertiary alicyclic amines) is 1. The molecule has 1 amide bonds. The molecule has 4 nitrogen and oxygen atoms in total. The van der Waals surface area contributed by atoms with Gasteiger partial charge in [0.05, 0.1) is 6.61 Å². The summed E-state index contributed by atoms with van der Waals surface area (Å²) in [6.45, 7) is 6.56. The monoisotopic (exact) mass is 302 g/mol. The Morgan fingerprint density at radius 1 is 1.41 bits per heavy atom. The molecule has 0 aromatic heterocycles. The molecule has 0 radical (unpaired) electrons. The molecule has 4 heteroatoms. The minimum Gasteiger partial charge on any atom is -0.493 e. The number of carbonyl (C=O) groups is 1. The van der Waals surface area contributed by atoms with Crippen molar-refractivity contribution in [3.05, 3.63) is 29.3 Å². The van der Waals surface area contributed by atoms with E-state index in [1.807, 2.05) is 11.8 Å². The Kier molecular flexibility index (Phi) is 4.67. The van der Waals surface area contributed by atoms with Crippen LogP contribution in [0.15, 0.2) is 18.2 Å². The topological polar surface area (TPSA) is 41.6 Å². The number of fused-ring (bicyclic) bond motifs is 1. The molecule has 0 aliphatic carbocycles. The van der Waals surface area contributed by atoms with Gasteiger partial charge in [-0.05, 0) is 31.7 Å². The zero-order chi connectivity index (χ0) is 15.5. The van der Waals surface area contributed by atoms with E-state index in [1.165, 1.54) is 11.1 Å². The molecule has 22 heavy (non-hydrogen) atoms. The fourth-order valence-corrected chi connectivity index (χ4v) is 3.57. The van der Waals surface area contributed by atoms with E-state index in [2.05, 4.69) is 30.4 Å². The maximum absolute atomic E-state index is 11.8. The predicted molar refractivity (Wildman–Crippen MR) is 87.1 cm³/mol. The highest BCUT2D eigenvalue weighted by molar-refractivity contribution is 5.76. The third-order valence-corrected chi connectivity index (χ3v) is 4.78. The van der Waals surface area contributed by atoms with Crippen LogP contribution in [0, 0.1) is 6.92 Å². The van der Waals surface area contributed by atoms with Crippen LogP contribution in [-0.2, 0) is 4.79 Å². The maximum Gasteiger partial charge on any atom is 0.222 e. The second-order valence-corrected chi connectivity index (χ2v) is 6.38. The van der Waals surface area contributed by atoms with Crippen LogP contribution < -0.4 is 10.1 Å². The van der Waals surface area contributed by atoms with Crippen molar-refractivity contribution in [3.63, 3.8) is 0 Å². The normalized spacial score (nSPS) is 24.5. The molecular weight excluding hydrogens is 276 g/mol. The van der Waals surface area contributed by atoms with Gasteiger partial charge in [0.25, 0.3) is 0 Å². The number of aryl methyl sites for hydroxylation is 1. The van der Waals surface area contributed by atoms with Gasteiger partial charge in [0, 0.05) is 37.2 Å². The van der Waals surface area contributed by atoms with Crippen LogP contribution in [0.5, 0.6) is 5.75 Å². The minimum absolute atomic E-state index is 0.268. The summed E-state index contributed by atoms with van der Waals surface area (Å²) in [5.74, 6) is 1.32. The lowest BCUT2D eigenvalue weighted by atomic mass is 9.99. The van der Waals surface area contributed by atoms with Crippen LogP contribution in [0.4, 0.5) is 0 Å². The van der Waals surface area contributed by atoms with Crippen LogP contribution in [0.25, 0.3) is 0 Å². The number of carbonyl (C=O) groups excluding carboxylic acids is 1. The largest absolute Gasteiger partial charge is 0.493 e. The van der Waals surface area contributed by atoms with Crippen molar-refractivity contribution in [1.82, 2.24) is 10.2 Å². The Hall–Kier alpha value is -1.55. The fourth-order valence-electron chi connectivity index (χ4n) is 3.57. The van der Waals surface area contributed by atoms with Crippen LogP contribution in [0.1, 0.15) is 49.8 Å². The van der Waals surface area contributed by atoms with E-state index < -0.39 is 0 Å². The molecule has 2 aliphatic rings. The second kappa shape index (κ2) is 6.69. The fraction of sp³-hybridized carbons (Fsp3) is 0.611. The molecule has 3 rings (SSSR count). The van der Waals surface area contributed by atoms with Crippen molar-refractivity contribution in [3.8, 4) is 5.75 Å². The second-order valence-electron chi connectivity index (χ2n) is 6.38. The number of para-hydroxylation sites is 1. The Bertz CT molecular complexity index is 544. The summed E-state index contributed by atoms with van der Waals surface area (Å²) in [5.41, 5.74) is 2.48. The molecule has 0 spiro atoms. The Morgan fingerprint density at radius 2 is 2.27 bits per heavy atom. The summed E-state index contributed by atoms with van der Waals surface area (Å²) in [5, 5.41) is 3.78. The van der Waals surface area contributed by atoms with Crippen molar-refractivity contribution in [2.75, 3.05) is 19.7 Å². The molecule has 1 saturated heterocycles. The van der Waals surface area contributed by atoms with Gasteiger partial charge in [-0.2, -0.15) is 0 Å². The molecule has 1 aromatic rings. The summed E-state index contributed by atoms with van der Waals surface area (Å²) in [6, 6.07) is 7.12. The van der Waals surface area contributed by atoms with Gasteiger partial charge in [0.1, 0.15) is 5.75 Å². The number of ether oxygens (including phenoxy) is 1. The number of nitrogens with zero attached hydrogens (tertiary/aromatic N) is 1. The van der Waals surface area contributed by atoms with Gasteiger partial charge in [0.15, 0.2) is 0 Å². The smallest absolute Gasteiger partial charge is 0.222 e. The van der Waals surface area contributed by atoms with Gasteiger partial charge in [-0.25, -0.2) is 0 Å². The zero-order valence-corrected chi connectivity index (χ0v) is 13.6. The molecule has 1 fully saturated rings. The molecule has 2 heterocycles. The summed E-state index contributed by atoms with van der Waals surface area (Å²) in [7, 11) is 0. The zero-order valence-electron chi connectivity index (χ0n) is 13.6. The molecule has 2 atom stereocenters. The van der Waals surface area contributed by atoms with E-state index in [4.69, 9.17) is 4.74 Å². The highest BCUT2D eigenvalue weighted by Crippen LogP contribution is 2.34. The first-order chi connectivity index (χ1) is 10.7. The third-order valence-electron chi connectivity index (χ3n) is 4.78. The van der Waals surface area contributed by atoms with E-state index in [0.717, 1.165) is 44.7 Å². The van der Waals surface area contributed by atoms with E-state index in [1.54, 1.807) is 0 Å². The predicted octanol–water partition coefficient (Wildman–Crippen LogP) is 2.81. The molecule has 1 aromatic carbocycles. The summed E-state index contributed by atoms with van der Waals surface area (Å²) in [4.78, 5) is 13.8. The van der Waals surface area contributed by atoms with Gasteiger partial charge in [0.2, 0.25) is 5.91 Å². The molecule has 0 bridgehead atoms. The quantitative estimate of drug-likeness (QED) is 0.933. The van der Waals surface area contributed by atoms with Crippen LogP contribution in [0.3, 0.4) is 0 Å². The maximum atomic E-state index is 11.8. The standard InChI is InChI=1S/C18H26N2O2/c1-3-17(21)20-10-9-14(12-20)19-16-8-5-11-22-18-13(2)6-4-7-15(16)18/h4,6-7,14,16,19H,3,5,8-12H2,1-2H3/t14-,16-/m0/s1. The number of rotatable bonds is 3. The summed E-state index contributed by atoms with van der Waals surface area (Å²) < 4.78 is 5.95. The molecule has 120 valence electrons. The SMILES string of the molecule is CCC(=O)N1CC[C@H](N[C@H]2CCCOc3c(C)cccc32)C1. The van der Waals surface area contributed by atoms with Gasteiger partial charge in [-0.1, -0.05) is 25.1 Å². The first-order valence-electron chi connectivity index (χ1n) is 8.45. The molecule has 1 N–H and O–H groups in total. The highest BCUT2D eigenvalue weighted by Gasteiger charge is 2.29. The van der Waals surface area contributed by atoms with Crippen LogP contribution in [-0.4, -0.2) is 36.5 Å². The first-order valence-corrected chi connectivity index (χ1v) is 8.45. The lowest BCUT2D eigenvalue weighted by molar-refractivity contribution is -0.129. The molecule has 0 unspecified atom stereocenters. The first kappa shape index (κ1) is 15.3. The van der Waals surface area contributed by atoms with Gasteiger partial charge in [-0.3, -0.25) is 4.79 Å². The van der Waals surface area contributed by atoms with Crippen molar-refractivity contribution in [1.29, 1.82) is 0 Å². The number of nitrogens with one attached hydrogen (secondary N) is 1. The number of hydrogen-bond acceptors (Lipinski definition) is 3. The van der Waals surface area contributed by atoms with E-state index >= 15 is 0 Å². The number of benzene rings is 1. The summed E-state index contributed by atoms with van der Waals surface area (Å²) >= 11 is 0. The Morgan fingerprint density at radius 3 is 3.09 bits per heavy atom. The highest BCUT2D eigenvalue weighted by atomic mass is 16.5. The average Bonchev–Trinajstić information content (AvgIpc) is 2.89. The summed E-state index contributed by atoms with van der Waals surface area (Å²) in [6.07, 6.45) is 3.81. The molecule has 0 saturated carbocycles. The average molecular weight is 302 g/mol. The van der Waals surface area contributed by atoms with Gasteiger partial charge < -0.3 is 15.0 Å². The van der Waals surface area contributed by atoms with E-state index in [-0.39, 0.29) is 5.91 Å². The van der Waals surface area contributed by atoms with E-state index in [0.29, 0.717) is 18.5 Å². The molecule has 2 aliphatic heterocycles. The van der Waals surface area contributed by atoms with Crippen molar-refractivity contribution < 1.29 is 9.53 Å². The van der Waals surface area contributed by atoms with E-state index in [9.17, 15) is 4.79 Å². The van der Waals surface area contributed by atoms with Crippen LogP contribution in [0.2, 0.25) is 0 Å². The van der Waals surface area contributed by atoms with Crippen LogP contribution >= 0.6 is 0 Å². The Labute approximate surface area is 132 Å². The Balaban J connectivity index is 1.71. The molecular formula is C18H26N2O2. The van der Waals surface area contributed by atoms with Gasteiger partial charge >= 0.3 is 0 Å². The number of amides is 1. The third kappa shape index (κ3) is 3.12. The van der Waals surface area contributed by atoms with Crippen molar-refractivity contribution in [2.45, 2.75) is 51.6 Å². The number of hydrogen-bond donors (Lipinski definition) is 1. The lowest BCUT2D eigenvalue weighted by Crippen LogP contribution is -2.37. The van der Waals surface area contributed by atoms with Crippen molar-refractivity contribution in [2.24, 2.45) is 0 Å². The van der Waals surface area contributed by atoms with Crippen molar-refractivity contribution >= 4 is 5.91 Å².